The van der Waals surface area contributed by atoms with Gasteiger partial charge in [0.1, 0.15) is 17.2 Å². The third kappa shape index (κ3) is 4.89. The van der Waals surface area contributed by atoms with Crippen molar-refractivity contribution < 1.29 is 41.0 Å². The van der Waals surface area contributed by atoms with Gasteiger partial charge in [-0.05, 0) is 24.6 Å². The summed E-state index contributed by atoms with van der Waals surface area (Å²) in [6.45, 7) is 0.0308. The van der Waals surface area contributed by atoms with Crippen LogP contribution >= 0.6 is 0 Å². The number of benzene rings is 2. The Morgan fingerprint density at radius 3 is 2.07 bits per heavy atom. The molecule has 0 bridgehead atoms. The number of carbonyl (C=O) groups excluding carboxylic acids is 2. The zero-order valence-electron chi connectivity index (χ0n) is 15.1. The van der Waals surface area contributed by atoms with E-state index in [0.717, 1.165) is 6.07 Å². The Morgan fingerprint density at radius 2 is 1.55 bits per heavy atom. The molecule has 0 saturated carbocycles. The van der Waals surface area contributed by atoms with E-state index in [0.29, 0.717) is 12.1 Å². The third-order valence-electron chi connectivity index (χ3n) is 3.74. The van der Waals surface area contributed by atoms with Gasteiger partial charge < -0.3 is 14.8 Å². The smallest absolute Gasteiger partial charge is 0.448 e. The summed E-state index contributed by atoms with van der Waals surface area (Å²) in [6, 6.07) is 9.78. The lowest BCUT2D eigenvalue weighted by Crippen LogP contribution is -2.66. The second-order valence-electron chi connectivity index (χ2n) is 5.72. The van der Waals surface area contributed by atoms with E-state index >= 15 is 0 Å². The van der Waals surface area contributed by atoms with Crippen LogP contribution in [0.1, 0.15) is 22.8 Å². The van der Waals surface area contributed by atoms with Gasteiger partial charge in [0.25, 0.3) is 5.91 Å². The number of alkyl halides is 3. The molecule has 0 fully saturated rings. The second-order valence-corrected chi connectivity index (χ2v) is 5.72. The Hall–Kier alpha value is -3.01. The molecular weight excluding hydrogens is 401 g/mol. The fourth-order valence-electron chi connectivity index (χ4n) is 2.35. The number of esters is 1. The topological polar surface area (TPSA) is 64.6 Å². The monoisotopic (exact) mass is 417 g/mol. The predicted octanol–water partition coefficient (Wildman–Crippen LogP) is 3.73. The van der Waals surface area contributed by atoms with Crippen LogP contribution in [-0.2, 0) is 20.9 Å². The van der Waals surface area contributed by atoms with Gasteiger partial charge in [0.05, 0.1) is 13.2 Å². The highest BCUT2D eigenvalue weighted by atomic mass is 19.4. The first-order valence-corrected chi connectivity index (χ1v) is 8.30. The summed E-state index contributed by atoms with van der Waals surface area (Å²) < 4.78 is 78.6. The maximum Gasteiger partial charge on any atom is 0.448 e. The highest BCUT2D eigenvalue weighted by Crippen LogP contribution is 2.34. The molecule has 0 aliphatic heterocycles. The predicted molar refractivity (Wildman–Crippen MR) is 90.5 cm³/mol. The molecule has 0 spiro atoms. The van der Waals surface area contributed by atoms with Gasteiger partial charge >= 0.3 is 17.9 Å². The molecule has 5 nitrogen and oxygen atoms in total. The van der Waals surface area contributed by atoms with E-state index < -0.39 is 54.2 Å². The zero-order chi connectivity index (χ0) is 21.7. The normalized spacial score (nSPS) is 13.4. The van der Waals surface area contributed by atoms with Gasteiger partial charge in [0.15, 0.2) is 0 Å². The van der Waals surface area contributed by atoms with E-state index in [4.69, 9.17) is 4.74 Å². The minimum atomic E-state index is -5.51. The lowest BCUT2D eigenvalue weighted by molar-refractivity contribution is -0.287. The van der Waals surface area contributed by atoms with E-state index in [1.807, 2.05) is 0 Å². The molecule has 1 amide bonds. The number of halogens is 5. The van der Waals surface area contributed by atoms with Crippen LogP contribution in [0.15, 0.2) is 48.5 Å². The summed E-state index contributed by atoms with van der Waals surface area (Å²) >= 11 is 0. The van der Waals surface area contributed by atoms with E-state index in [9.17, 15) is 31.5 Å². The Bertz CT molecular complexity index is 852. The molecule has 0 aliphatic carbocycles. The van der Waals surface area contributed by atoms with Gasteiger partial charge in [0.2, 0.25) is 0 Å². The average molecular weight is 417 g/mol. The van der Waals surface area contributed by atoms with Crippen LogP contribution in [0.25, 0.3) is 0 Å². The van der Waals surface area contributed by atoms with Crippen LogP contribution in [0.2, 0.25) is 0 Å². The highest BCUT2D eigenvalue weighted by molar-refractivity contribution is 5.98. The van der Waals surface area contributed by atoms with Crippen molar-refractivity contribution >= 4 is 11.9 Å². The molecule has 0 aliphatic rings. The first-order valence-electron chi connectivity index (χ1n) is 8.30. The SMILES string of the molecule is CCOC(=O)C(NC(=O)c1c(F)cccc1F)(OCc1ccccc1)C(F)(F)F. The van der Waals surface area contributed by atoms with E-state index in [-0.39, 0.29) is 5.56 Å². The fraction of sp³-hybridized carbons (Fsp3) is 0.263. The Balaban J connectivity index is 2.46. The number of hydrogen-bond acceptors (Lipinski definition) is 4. The van der Waals surface area contributed by atoms with Crippen LogP contribution in [-0.4, -0.2) is 30.4 Å². The number of carbonyl (C=O) groups is 2. The minimum absolute atomic E-state index is 0.247. The molecule has 0 saturated heterocycles. The van der Waals surface area contributed by atoms with Crippen molar-refractivity contribution in [2.45, 2.75) is 25.4 Å². The first kappa shape index (κ1) is 22.3. The van der Waals surface area contributed by atoms with Gasteiger partial charge in [-0.25, -0.2) is 13.6 Å². The maximum atomic E-state index is 13.9. The number of amides is 1. The first-order chi connectivity index (χ1) is 13.6. The standard InChI is InChI=1S/C19H16F5NO4/c1-2-28-17(27)18(19(22,23)24,29-11-12-7-4-3-5-8-12)25-16(26)15-13(20)9-6-10-14(15)21/h3-10H,2,11H2,1H3,(H,25,26). The van der Waals surface area contributed by atoms with E-state index in [1.54, 1.807) is 6.07 Å². The highest BCUT2D eigenvalue weighted by Gasteiger charge is 2.65. The van der Waals surface area contributed by atoms with Crippen molar-refractivity contribution in [1.29, 1.82) is 0 Å². The van der Waals surface area contributed by atoms with Gasteiger partial charge in [0, 0.05) is 0 Å². The van der Waals surface area contributed by atoms with E-state index in [1.165, 1.54) is 36.5 Å². The molecular formula is C19H16F5NO4. The van der Waals surface area contributed by atoms with Crippen LogP contribution in [0, 0.1) is 11.6 Å². The number of ether oxygens (including phenoxy) is 2. The number of rotatable bonds is 7. The van der Waals surface area contributed by atoms with E-state index in [2.05, 4.69) is 4.74 Å². The largest absolute Gasteiger partial charge is 0.462 e. The van der Waals surface area contributed by atoms with Crippen molar-refractivity contribution in [3.05, 3.63) is 71.3 Å². The second kappa shape index (κ2) is 8.99. The van der Waals surface area contributed by atoms with Crippen molar-refractivity contribution in [3.63, 3.8) is 0 Å². The van der Waals surface area contributed by atoms with Crippen LogP contribution in [0.4, 0.5) is 22.0 Å². The number of hydrogen-bond donors (Lipinski definition) is 1. The van der Waals surface area contributed by atoms with Gasteiger partial charge in [-0.1, -0.05) is 36.4 Å². The lowest BCUT2D eigenvalue weighted by atomic mass is 10.1. The van der Waals surface area contributed by atoms with Crippen molar-refractivity contribution in [3.8, 4) is 0 Å². The fourth-order valence-corrected chi connectivity index (χ4v) is 2.35. The average Bonchev–Trinajstić information content (AvgIpc) is 2.65. The van der Waals surface area contributed by atoms with Crippen LogP contribution in [0.3, 0.4) is 0 Å². The number of nitrogens with one attached hydrogen (secondary N) is 1. The lowest BCUT2D eigenvalue weighted by Gasteiger charge is -2.33. The molecule has 0 heterocycles. The molecule has 1 N–H and O–H groups in total. The Kier molecular flexibility index (Phi) is 6.91. The summed E-state index contributed by atoms with van der Waals surface area (Å²) in [4.78, 5) is 24.5. The zero-order valence-corrected chi connectivity index (χ0v) is 15.1. The summed E-state index contributed by atoms with van der Waals surface area (Å²) in [5.74, 6) is -6.64. The van der Waals surface area contributed by atoms with Crippen molar-refractivity contribution in [2.75, 3.05) is 6.61 Å². The molecule has 1 atom stereocenters. The Labute approximate surface area is 162 Å². The third-order valence-corrected chi connectivity index (χ3v) is 3.74. The van der Waals surface area contributed by atoms with Crippen LogP contribution in [0.5, 0.6) is 0 Å². The van der Waals surface area contributed by atoms with Gasteiger partial charge in [-0.3, -0.25) is 4.79 Å². The maximum absolute atomic E-state index is 13.9. The summed E-state index contributed by atoms with van der Waals surface area (Å²) in [7, 11) is 0. The quantitative estimate of drug-likeness (QED) is 0.424. The molecule has 2 aromatic carbocycles. The molecule has 2 rings (SSSR count). The Morgan fingerprint density at radius 1 is 0.966 bits per heavy atom. The van der Waals surface area contributed by atoms with Gasteiger partial charge in [-0.2, -0.15) is 13.2 Å². The molecule has 29 heavy (non-hydrogen) atoms. The summed E-state index contributed by atoms with van der Waals surface area (Å²) in [5, 5.41) is 1.28. The van der Waals surface area contributed by atoms with Gasteiger partial charge in [-0.15, -0.1) is 0 Å². The minimum Gasteiger partial charge on any atom is -0.462 e. The molecule has 0 aromatic heterocycles. The van der Waals surface area contributed by atoms with Crippen molar-refractivity contribution in [1.82, 2.24) is 5.32 Å². The van der Waals surface area contributed by atoms with Crippen LogP contribution < -0.4 is 5.32 Å². The molecule has 0 radical (unpaired) electrons. The molecule has 10 heteroatoms. The van der Waals surface area contributed by atoms with Crippen molar-refractivity contribution in [2.24, 2.45) is 0 Å². The summed E-state index contributed by atoms with van der Waals surface area (Å²) in [6.07, 6.45) is -5.51. The molecule has 2 aromatic rings. The summed E-state index contributed by atoms with van der Waals surface area (Å²) in [5.41, 5.74) is -5.03. The molecule has 156 valence electrons. The molecule has 1 unspecified atom stereocenters.